The predicted molar refractivity (Wildman–Crippen MR) is 228 cm³/mol. The molecule has 2 N–H and O–H groups in total. The number of piperidine rings is 1. The van der Waals surface area contributed by atoms with Gasteiger partial charge in [0.05, 0.1) is 26.9 Å². The van der Waals surface area contributed by atoms with Crippen LogP contribution in [0.2, 0.25) is 0 Å². The number of hydrogen-bond donors (Lipinski definition) is 2. The maximum Gasteiger partial charge on any atom is 0.181 e. The third kappa shape index (κ3) is 11.1. The van der Waals surface area contributed by atoms with Crippen molar-refractivity contribution in [3.63, 3.8) is 0 Å². The fourth-order valence-electron chi connectivity index (χ4n) is 7.69. The van der Waals surface area contributed by atoms with Gasteiger partial charge >= 0.3 is 0 Å². The highest BCUT2D eigenvalue weighted by atomic mass is 35.5. The summed E-state index contributed by atoms with van der Waals surface area (Å²) in [6, 6.07) is 22.2. The Kier molecular flexibility index (Phi) is 17.9. The SMILES string of the molecule is C1CCC1.CC.CCN1CCN(C2CCC2)CC1C(=O)c1ccc2cc(OC)ccc2c1.COc1ccc2cc(C(=O)C3CCCNC3)ccc2c1CO.Cl. The first-order valence-electron chi connectivity index (χ1n) is 20.5. The minimum Gasteiger partial charge on any atom is -0.497 e. The molecule has 8 rings (SSSR count). The number of piperazine rings is 1. The van der Waals surface area contributed by atoms with E-state index < -0.39 is 0 Å². The fraction of sp³-hybridized carbons (Fsp3) is 0.522. The summed E-state index contributed by atoms with van der Waals surface area (Å²) in [5.74, 6) is 2.05. The van der Waals surface area contributed by atoms with Crippen LogP contribution >= 0.6 is 12.4 Å². The lowest BCUT2D eigenvalue weighted by molar-refractivity contribution is 0.0257. The summed E-state index contributed by atoms with van der Waals surface area (Å²) in [6.07, 6.45) is 11.9. The molecule has 8 nitrogen and oxygen atoms in total. The van der Waals surface area contributed by atoms with Crippen LogP contribution < -0.4 is 14.8 Å². The molecule has 55 heavy (non-hydrogen) atoms. The lowest BCUT2D eigenvalue weighted by Gasteiger charge is -2.46. The topological polar surface area (TPSA) is 91.3 Å². The van der Waals surface area contributed by atoms with Crippen molar-refractivity contribution in [2.45, 2.75) is 97.2 Å². The number of methoxy groups -OCH3 is 2. The molecule has 2 saturated carbocycles. The maximum atomic E-state index is 13.3. The molecule has 0 aromatic heterocycles. The highest BCUT2D eigenvalue weighted by Gasteiger charge is 2.36. The number of benzene rings is 4. The number of aliphatic hydroxyl groups is 1. The number of halogens is 1. The third-order valence-corrected chi connectivity index (χ3v) is 11.6. The van der Waals surface area contributed by atoms with Crippen molar-refractivity contribution in [3.05, 3.63) is 83.4 Å². The van der Waals surface area contributed by atoms with E-state index in [0.717, 1.165) is 96.1 Å². The number of likely N-dealkylation sites (N-methyl/N-ethyl adjacent to an activating group) is 1. The minimum absolute atomic E-state index is 0. The van der Waals surface area contributed by atoms with Crippen LogP contribution in [0.3, 0.4) is 0 Å². The largest absolute Gasteiger partial charge is 0.497 e. The zero-order valence-electron chi connectivity index (χ0n) is 33.8. The molecule has 0 amide bonds. The summed E-state index contributed by atoms with van der Waals surface area (Å²) in [5, 5.41) is 16.9. The molecule has 2 saturated heterocycles. The van der Waals surface area contributed by atoms with Crippen molar-refractivity contribution in [2.75, 3.05) is 53.5 Å². The van der Waals surface area contributed by atoms with Gasteiger partial charge in [0.25, 0.3) is 0 Å². The van der Waals surface area contributed by atoms with Crippen LogP contribution in [0.15, 0.2) is 66.7 Å². The number of hydrogen-bond acceptors (Lipinski definition) is 8. The molecule has 300 valence electrons. The molecule has 4 aliphatic rings. The maximum absolute atomic E-state index is 13.3. The van der Waals surface area contributed by atoms with Crippen LogP contribution in [-0.4, -0.2) is 92.0 Å². The molecule has 2 aliphatic carbocycles. The van der Waals surface area contributed by atoms with Gasteiger partial charge < -0.3 is 19.9 Å². The number of rotatable bonds is 9. The monoisotopic (exact) mass is 773 g/mol. The van der Waals surface area contributed by atoms with Crippen molar-refractivity contribution >= 4 is 45.5 Å². The zero-order chi connectivity index (χ0) is 38.5. The van der Waals surface area contributed by atoms with E-state index in [9.17, 15) is 14.7 Å². The van der Waals surface area contributed by atoms with Gasteiger partial charge in [-0.15, -0.1) is 12.4 Å². The molecule has 2 atom stereocenters. The van der Waals surface area contributed by atoms with Gasteiger partial charge in [0.15, 0.2) is 11.6 Å². The van der Waals surface area contributed by atoms with E-state index in [4.69, 9.17) is 9.47 Å². The van der Waals surface area contributed by atoms with E-state index in [2.05, 4.69) is 22.0 Å². The van der Waals surface area contributed by atoms with E-state index in [1.54, 1.807) is 14.2 Å². The number of fused-ring (bicyclic) bond motifs is 2. The van der Waals surface area contributed by atoms with Crippen LogP contribution in [0.4, 0.5) is 0 Å². The van der Waals surface area contributed by atoms with Crippen LogP contribution in [0.25, 0.3) is 21.5 Å². The fourth-order valence-corrected chi connectivity index (χ4v) is 7.69. The summed E-state index contributed by atoms with van der Waals surface area (Å²) in [5.41, 5.74) is 2.33. The molecular weight excluding hydrogens is 710 g/mol. The van der Waals surface area contributed by atoms with Crippen LogP contribution in [0, 0.1) is 5.92 Å². The molecule has 0 spiro atoms. The Bertz CT molecular complexity index is 1810. The third-order valence-electron chi connectivity index (χ3n) is 11.6. The molecule has 2 heterocycles. The molecule has 2 unspecified atom stereocenters. The molecule has 4 fully saturated rings. The second-order valence-electron chi connectivity index (χ2n) is 14.7. The van der Waals surface area contributed by atoms with E-state index in [0.29, 0.717) is 11.8 Å². The Hall–Kier alpha value is -3.53. The summed E-state index contributed by atoms with van der Waals surface area (Å²) in [4.78, 5) is 30.8. The quantitative estimate of drug-likeness (QED) is 0.163. The Morgan fingerprint density at radius 2 is 1.42 bits per heavy atom. The zero-order valence-corrected chi connectivity index (χ0v) is 34.6. The normalized spacial score (nSPS) is 19.7. The molecule has 4 aromatic rings. The van der Waals surface area contributed by atoms with Gasteiger partial charge in [0.2, 0.25) is 0 Å². The number of carbonyl (C=O) groups is 2. The first kappa shape index (κ1) is 44.2. The highest BCUT2D eigenvalue weighted by molar-refractivity contribution is 6.04. The molecule has 2 aliphatic heterocycles. The van der Waals surface area contributed by atoms with Gasteiger partial charge in [0, 0.05) is 54.8 Å². The van der Waals surface area contributed by atoms with Gasteiger partial charge in [-0.3, -0.25) is 19.4 Å². The van der Waals surface area contributed by atoms with Gasteiger partial charge in [0.1, 0.15) is 11.5 Å². The summed E-state index contributed by atoms with van der Waals surface area (Å²) in [6.45, 7) is 11.7. The summed E-state index contributed by atoms with van der Waals surface area (Å²) < 4.78 is 10.6. The summed E-state index contributed by atoms with van der Waals surface area (Å²) >= 11 is 0. The average molecular weight is 774 g/mol. The number of nitrogens with one attached hydrogen (secondary N) is 1. The number of ether oxygens (including phenoxy) is 2. The van der Waals surface area contributed by atoms with Gasteiger partial charge in [-0.05, 0) is 90.6 Å². The van der Waals surface area contributed by atoms with Crippen molar-refractivity contribution in [1.82, 2.24) is 15.1 Å². The second kappa shape index (κ2) is 22.3. The Morgan fingerprint density at radius 3 is 2.02 bits per heavy atom. The highest BCUT2D eigenvalue weighted by Crippen LogP contribution is 2.31. The second-order valence-corrected chi connectivity index (χ2v) is 14.7. The van der Waals surface area contributed by atoms with Crippen molar-refractivity contribution < 1.29 is 24.2 Å². The first-order chi connectivity index (χ1) is 26.4. The van der Waals surface area contributed by atoms with Crippen molar-refractivity contribution in [3.8, 4) is 11.5 Å². The lowest BCUT2D eigenvalue weighted by atomic mass is 9.89. The van der Waals surface area contributed by atoms with Crippen LogP contribution in [0.5, 0.6) is 11.5 Å². The van der Waals surface area contributed by atoms with Crippen LogP contribution in [-0.2, 0) is 6.61 Å². The lowest BCUT2D eigenvalue weighted by Crippen LogP contribution is -2.59. The molecular formula is C46H64ClN3O5. The van der Waals surface area contributed by atoms with Gasteiger partial charge in [-0.25, -0.2) is 0 Å². The van der Waals surface area contributed by atoms with E-state index in [1.165, 1.54) is 44.9 Å². The standard InChI is InChI=1S/C22H28N2O2.C18H21NO3.C4H8.C2H6.ClH/c1-3-23-11-12-24(19-5-4-6-19)15-21(23)22(25)18-8-7-17-14-20(26-2)10-9-16(17)13-18;1-22-17-7-5-12-9-13(4-6-15(12)16(17)11-20)18(21)14-3-2-8-19-10-14;1-2-4-3-1;1-2;/h7-10,13-14,19,21H,3-6,11-12,15H2,1-2H3;4-7,9,14,19-20H,2-3,8,10-11H2,1H3;1-4H2;1-2H3;1H. The van der Waals surface area contributed by atoms with Gasteiger partial charge in [-0.2, -0.15) is 0 Å². The van der Waals surface area contributed by atoms with Crippen molar-refractivity contribution in [2.24, 2.45) is 5.92 Å². The van der Waals surface area contributed by atoms with E-state index in [-0.39, 0.29) is 42.5 Å². The molecule has 4 aromatic carbocycles. The van der Waals surface area contributed by atoms with E-state index in [1.807, 2.05) is 80.6 Å². The van der Waals surface area contributed by atoms with Gasteiger partial charge in [-0.1, -0.05) is 89.3 Å². The smallest absolute Gasteiger partial charge is 0.181 e. The minimum atomic E-state index is -0.0830. The number of carbonyl (C=O) groups excluding carboxylic acids is 2. The van der Waals surface area contributed by atoms with Crippen LogP contribution in [0.1, 0.15) is 105 Å². The number of nitrogens with zero attached hydrogens (tertiary/aromatic N) is 2. The number of aliphatic hydroxyl groups excluding tert-OH is 1. The number of ketones is 2. The Balaban J connectivity index is 0.000000212. The van der Waals surface area contributed by atoms with Crippen molar-refractivity contribution in [1.29, 1.82) is 0 Å². The predicted octanol–water partition coefficient (Wildman–Crippen LogP) is 9.12. The van der Waals surface area contributed by atoms with E-state index >= 15 is 0 Å². The Labute approximate surface area is 335 Å². The average Bonchev–Trinajstić information content (AvgIpc) is 3.19. The Morgan fingerprint density at radius 1 is 0.764 bits per heavy atom. The number of Topliss-reactive ketones (excluding diaryl/α,β-unsaturated/α-hetero) is 2. The summed E-state index contributed by atoms with van der Waals surface area (Å²) in [7, 11) is 3.27. The molecule has 0 bridgehead atoms. The molecule has 0 radical (unpaired) electrons. The first-order valence-corrected chi connectivity index (χ1v) is 20.5. The molecule has 9 heteroatoms.